The Morgan fingerprint density at radius 3 is 2.41 bits per heavy atom. The lowest BCUT2D eigenvalue weighted by Gasteiger charge is -2.16. The maximum Gasteiger partial charge on any atom is 0.300 e. The summed E-state index contributed by atoms with van der Waals surface area (Å²) in [6, 6.07) is 10.2. The largest absolute Gasteiger partial charge is 0.493 e. The highest BCUT2D eigenvalue weighted by molar-refractivity contribution is 7.90. The van der Waals surface area contributed by atoms with Crippen molar-refractivity contribution in [3.8, 4) is 28.6 Å². The van der Waals surface area contributed by atoms with Crippen LogP contribution in [0.1, 0.15) is 6.92 Å². The Morgan fingerprint density at radius 1 is 1.07 bits per heavy atom. The van der Waals surface area contributed by atoms with Crippen LogP contribution in [-0.2, 0) is 10.2 Å². The van der Waals surface area contributed by atoms with Crippen molar-refractivity contribution >= 4 is 27.6 Å². The standard InChI is InChI=1S/C18H18ClN5O4S/c1-3-21-29(25,26)24-18-15(28-14-7-5-4-6-13(14)27-2)16(19)22-17(23-18)12-8-10-20-11-9-12/h4-11,21H,3H2,1-2H3,(H,22,23,24). The van der Waals surface area contributed by atoms with Crippen molar-refractivity contribution in [3.63, 3.8) is 0 Å². The van der Waals surface area contributed by atoms with Gasteiger partial charge in [0.25, 0.3) is 10.2 Å². The number of halogens is 1. The summed E-state index contributed by atoms with van der Waals surface area (Å²) in [6.07, 6.45) is 3.13. The number of nitrogens with one attached hydrogen (secondary N) is 2. The Morgan fingerprint density at radius 2 is 1.76 bits per heavy atom. The first-order chi connectivity index (χ1) is 13.9. The van der Waals surface area contributed by atoms with Gasteiger partial charge < -0.3 is 9.47 Å². The van der Waals surface area contributed by atoms with E-state index in [1.54, 1.807) is 55.7 Å². The molecule has 0 amide bonds. The van der Waals surface area contributed by atoms with Crippen LogP contribution in [0.3, 0.4) is 0 Å². The van der Waals surface area contributed by atoms with E-state index < -0.39 is 10.2 Å². The van der Waals surface area contributed by atoms with Crippen molar-refractivity contribution < 1.29 is 17.9 Å². The first kappa shape index (κ1) is 20.8. The molecule has 152 valence electrons. The number of ether oxygens (including phenoxy) is 2. The third-order valence-electron chi connectivity index (χ3n) is 3.61. The van der Waals surface area contributed by atoms with Gasteiger partial charge in [-0.15, -0.1) is 0 Å². The first-order valence-corrected chi connectivity index (χ1v) is 10.4. The van der Waals surface area contributed by atoms with E-state index >= 15 is 0 Å². The lowest BCUT2D eigenvalue weighted by molar-refractivity contribution is 0.378. The lowest BCUT2D eigenvalue weighted by Crippen LogP contribution is -2.30. The van der Waals surface area contributed by atoms with E-state index in [9.17, 15) is 8.42 Å². The minimum Gasteiger partial charge on any atom is -0.493 e. The lowest BCUT2D eigenvalue weighted by atomic mass is 10.2. The Kier molecular flexibility index (Phi) is 6.47. The predicted octanol–water partition coefficient (Wildman–Crippen LogP) is 3.26. The third-order valence-corrected chi connectivity index (χ3v) is 5.00. The third kappa shape index (κ3) is 5.11. The number of pyridine rings is 1. The molecule has 0 radical (unpaired) electrons. The summed E-state index contributed by atoms with van der Waals surface area (Å²) in [7, 11) is -2.42. The molecule has 0 aliphatic carbocycles. The number of aromatic nitrogens is 3. The molecule has 3 rings (SSSR count). The SMILES string of the molecule is CCNS(=O)(=O)Nc1nc(-c2ccncc2)nc(Cl)c1Oc1ccccc1OC. The van der Waals surface area contributed by atoms with Crippen LogP contribution in [0.25, 0.3) is 11.4 Å². The fourth-order valence-corrected chi connectivity index (χ4v) is 3.43. The second kappa shape index (κ2) is 9.03. The van der Waals surface area contributed by atoms with E-state index in [0.717, 1.165) is 0 Å². The van der Waals surface area contributed by atoms with Crippen molar-refractivity contribution in [2.45, 2.75) is 6.92 Å². The molecule has 0 spiro atoms. The summed E-state index contributed by atoms with van der Waals surface area (Å²) in [5.74, 6) is 0.779. The summed E-state index contributed by atoms with van der Waals surface area (Å²) in [4.78, 5) is 12.5. The highest BCUT2D eigenvalue weighted by Gasteiger charge is 2.22. The zero-order chi connectivity index (χ0) is 20.9. The van der Waals surface area contributed by atoms with Gasteiger partial charge in [-0.2, -0.15) is 13.1 Å². The van der Waals surface area contributed by atoms with E-state index in [-0.39, 0.29) is 29.1 Å². The molecule has 0 aliphatic heterocycles. The van der Waals surface area contributed by atoms with Crippen LogP contribution in [0.5, 0.6) is 17.2 Å². The topological polar surface area (TPSA) is 115 Å². The fraction of sp³-hybridized carbons (Fsp3) is 0.167. The molecular formula is C18H18ClN5O4S. The molecule has 0 bridgehead atoms. The van der Waals surface area contributed by atoms with Gasteiger partial charge in [0.1, 0.15) is 0 Å². The van der Waals surface area contributed by atoms with Crippen molar-refractivity contribution in [1.82, 2.24) is 19.7 Å². The second-order valence-electron chi connectivity index (χ2n) is 5.61. The van der Waals surface area contributed by atoms with Crippen LogP contribution in [-0.4, -0.2) is 37.0 Å². The highest BCUT2D eigenvalue weighted by Crippen LogP contribution is 2.39. The molecule has 11 heteroatoms. The predicted molar refractivity (Wildman–Crippen MR) is 110 cm³/mol. The van der Waals surface area contributed by atoms with E-state index in [2.05, 4.69) is 24.4 Å². The number of anilines is 1. The fourth-order valence-electron chi connectivity index (χ4n) is 2.38. The minimum atomic E-state index is -3.90. The van der Waals surface area contributed by atoms with Gasteiger partial charge in [-0.3, -0.25) is 9.71 Å². The number of methoxy groups -OCH3 is 1. The summed E-state index contributed by atoms with van der Waals surface area (Å²) in [6.45, 7) is 1.84. The molecule has 2 heterocycles. The van der Waals surface area contributed by atoms with Gasteiger partial charge >= 0.3 is 0 Å². The van der Waals surface area contributed by atoms with Crippen LogP contribution >= 0.6 is 11.6 Å². The number of rotatable bonds is 8. The molecule has 29 heavy (non-hydrogen) atoms. The van der Waals surface area contributed by atoms with Crippen molar-refractivity contribution in [2.24, 2.45) is 0 Å². The van der Waals surface area contributed by atoms with Gasteiger partial charge in [-0.25, -0.2) is 9.97 Å². The molecule has 9 nitrogen and oxygen atoms in total. The molecule has 0 aliphatic rings. The van der Waals surface area contributed by atoms with Gasteiger partial charge in [-0.05, 0) is 24.3 Å². The van der Waals surface area contributed by atoms with Crippen LogP contribution in [0.4, 0.5) is 5.82 Å². The molecule has 0 saturated heterocycles. The number of hydrogen-bond acceptors (Lipinski definition) is 7. The molecule has 0 saturated carbocycles. The Bertz CT molecular complexity index is 1100. The smallest absolute Gasteiger partial charge is 0.300 e. The number of para-hydroxylation sites is 2. The molecule has 0 atom stereocenters. The summed E-state index contributed by atoms with van der Waals surface area (Å²) < 4.78 is 40.3. The number of benzene rings is 1. The van der Waals surface area contributed by atoms with Crippen LogP contribution in [0.2, 0.25) is 5.15 Å². The molecule has 2 aromatic heterocycles. The van der Waals surface area contributed by atoms with Crippen LogP contribution in [0.15, 0.2) is 48.8 Å². The second-order valence-corrected chi connectivity index (χ2v) is 7.47. The van der Waals surface area contributed by atoms with E-state index in [4.69, 9.17) is 21.1 Å². The monoisotopic (exact) mass is 435 g/mol. The minimum absolute atomic E-state index is 0.0598. The van der Waals surface area contributed by atoms with Gasteiger partial charge in [-0.1, -0.05) is 30.7 Å². The van der Waals surface area contributed by atoms with Crippen LogP contribution in [0, 0.1) is 0 Å². The zero-order valence-electron chi connectivity index (χ0n) is 15.6. The van der Waals surface area contributed by atoms with Gasteiger partial charge in [0, 0.05) is 24.5 Å². The van der Waals surface area contributed by atoms with Crippen molar-refractivity contribution in [3.05, 3.63) is 53.9 Å². The maximum absolute atomic E-state index is 12.3. The summed E-state index contributed by atoms with van der Waals surface area (Å²) >= 11 is 6.35. The highest BCUT2D eigenvalue weighted by atomic mass is 35.5. The van der Waals surface area contributed by atoms with Gasteiger partial charge in [0.15, 0.2) is 28.3 Å². The number of nitrogens with zero attached hydrogens (tertiary/aromatic N) is 3. The van der Waals surface area contributed by atoms with Gasteiger partial charge in [0.2, 0.25) is 5.75 Å². The van der Waals surface area contributed by atoms with Crippen molar-refractivity contribution in [2.75, 3.05) is 18.4 Å². The summed E-state index contributed by atoms with van der Waals surface area (Å²) in [5, 5.41) is -0.0769. The Labute approximate surface area is 173 Å². The van der Waals surface area contributed by atoms with Crippen LogP contribution < -0.4 is 18.9 Å². The molecular weight excluding hydrogens is 418 g/mol. The number of hydrogen-bond donors (Lipinski definition) is 2. The van der Waals surface area contributed by atoms with E-state index in [1.807, 2.05) is 0 Å². The average molecular weight is 436 g/mol. The first-order valence-electron chi connectivity index (χ1n) is 8.49. The summed E-state index contributed by atoms with van der Waals surface area (Å²) in [5.41, 5.74) is 0.606. The van der Waals surface area contributed by atoms with E-state index in [0.29, 0.717) is 17.1 Å². The Balaban J connectivity index is 2.10. The zero-order valence-corrected chi connectivity index (χ0v) is 17.2. The molecule has 1 aromatic carbocycles. The average Bonchev–Trinajstić information content (AvgIpc) is 2.71. The molecule has 0 unspecified atom stereocenters. The van der Waals surface area contributed by atoms with Gasteiger partial charge in [0.05, 0.1) is 7.11 Å². The molecule has 3 aromatic rings. The normalized spacial score (nSPS) is 11.1. The Hall–Kier alpha value is -2.95. The maximum atomic E-state index is 12.3. The molecule has 0 fully saturated rings. The van der Waals surface area contributed by atoms with Crippen molar-refractivity contribution in [1.29, 1.82) is 0 Å². The quantitative estimate of drug-likeness (QED) is 0.521. The molecule has 2 N–H and O–H groups in total. The van der Waals surface area contributed by atoms with E-state index in [1.165, 1.54) is 7.11 Å².